The molecule has 0 heterocycles. The highest BCUT2D eigenvalue weighted by molar-refractivity contribution is 5.93. The average Bonchev–Trinajstić information content (AvgIpc) is 2.60. The van der Waals surface area contributed by atoms with Crippen molar-refractivity contribution in [3.8, 4) is 5.75 Å². The molecule has 24 heavy (non-hydrogen) atoms. The minimum atomic E-state index is -0.416. The first-order chi connectivity index (χ1) is 11.5. The van der Waals surface area contributed by atoms with Gasteiger partial charge < -0.3 is 14.8 Å². The number of hydrogen-bond acceptors (Lipinski definition) is 4. The molecule has 0 aromatic heterocycles. The molecule has 0 saturated carbocycles. The maximum Gasteiger partial charge on any atom is 0.337 e. The number of carbonyl (C=O) groups is 2. The topological polar surface area (TPSA) is 64.6 Å². The molecule has 0 saturated heterocycles. The summed E-state index contributed by atoms with van der Waals surface area (Å²) in [5, 5.41) is 2.71. The summed E-state index contributed by atoms with van der Waals surface area (Å²) in [4.78, 5) is 23.3. The summed E-state index contributed by atoms with van der Waals surface area (Å²) < 4.78 is 10.1. The quantitative estimate of drug-likeness (QED) is 0.823. The van der Waals surface area contributed by atoms with Crippen LogP contribution in [0.15, 0.2) is 48.5 Å². The summed E-state index contributed by atoms with van der Waals surface area (Å²) in [5.41, 5.74) is 2.24. The molecule has 0 bridgehead atoms. The molecular weight excluding hydrogens is 306 g/mol. The second-order valence-electron chi connectivity index (χ2n) is 5.63. The number of ether oxygens (including phenoxy) is 2. The summed E-state index contributed by atoms with van der Waals surface area (Å²) in [6.07, 6.45) is 0. The van der Waals surface area contributed by atoms with Crippen LogP contribution in [0.4, 0.5) is 5.69 Å². The van der Waals surface area contributed by atoms with Gasteiger partial charge in [0.15, 0.2) is 6.61 Å². The van der Waals surface area contributed by atoms with Crippen molar-refractivity contribution in [2.45, 2.75) is 19.8 Å². The molecule has 0 atom stereocenters. The van der Waals surface area contributed by atoms with Crippen LogP contribution < -0.4 is 10.1 Å². The molecule has 2 rings (SSSR count). The molecular formula is C19H21NO4. The Morgan fingerprint density at radius 2 is 1.62 bits per heavy atom. The molecule has 0 aliphatic rings. The monoisotopic (exact) mass is 327 g/mol. The molecule has 0 aliphatic carbocycles. The number of benzene rings is 2. The standard InChI is InChI=1S/C19H21NO4/c1-13(2)14-6-10-17(11-7-14)24-12-18(21)20-16-8-4-15(5-9-16)19(22)23-3/h4-11,13H,12H2,1-3H3,(H,20,21). The van der Waals surface area contributed by atoms with E-state index in [2.05, 4.69) is 23.9 Å². The summed E-state index contributed by atoms with van der Waals surface area (Å²) in [6, 6.07) is 14.2. The van der Waals surface area contributed by atoms with E-state index in [1.54, 1.807) is 24.3 Å². The van der Waals surface area contributed by atoms with Crippen LogP contribution in [-0.4, -0.2) is 25.6 Å². The molecule has 5 nitrogen and oxygen atoms in total. The summed E-state index contributed by atoms with van der Waals surface area (Å²) >= 11 is 0. The minimum absolute atomic E-state index is 0.0836. The highest BCUT2D eigenvalue weighted by Crippen LogP contribution is 2.18. The van der Waals surface area contributed by atoms with E-state index in [4.69, 9.17) is 4.74 Å². The Morgan fingerprint density at radius 3 is 2.17 bits per heavy atom. The van der Waals surface area contributed by atoms with Gasteiger partial charge >= 0.3 is 5.97 Å². The van der Waals surface area contributed by atoms with E-state index in [9.17, 15) is 9.59 Å². The number of nitrogens with one attached hydrogen (secondary N) is 1. The third-order valence-corrected chi connectivity index (χ3v) is 3.51. The predicted octanol–water partition coefficient (Wildman–Crippen LogP) is 3.61. The molecule has 1 N–H and O–H groups in total. The van der Waals surface area contributed by atoms with Crippen LogP contribution in [0.5, 0.6) is 5.75 Å². The fourth-order valence-corrected chi connectivity index (χ4v) is 2.10. The van der Waals surface area contributed by atoms with Gasteiger partial charge in [-0.1, -0.05) is 26.0 Å². The zero-order chi connectivity index (χ0) is 17.5. The number of amides is 1. The van der Waals surface area contributed by atoms with E-state index in [0.717, 1.165) is 0 Å². The van der Waals surface area contributed by atoms with Crippen molar-refractivity contribution in [2.24, 2.45) is 0 Å². The molecule has 0 aliphatic heterocycles. The van der Waals surface area contributed by atoms with Crippen LogP contribution in [0, 0.1) is 0 Å². The first kappa shape index (κ1) is 17.5. The van der Waals surface area contributed by atoms with Gasteiger partial charge in [-0.25, -0.2) is 4.79 Å². The van der Waals surface area contributed by atoms with E-state index >= 15 is 0 Å². The van der Waals surface area contributed by atoms with Crippen molar-refractivity contribution in [1.82, 2.24) is 0 Å². The third kappa shape index (κ3) is 4.84. The van der Waals surface area contributed by atoms with Gasteiger partial charge in [0.1, 0.15) is 5.75 Å². The molecule has 0 unspecified atom stereocenters. The highest BCUT2D eigenvalue weighted by atomic mass is 16.5. The molecule has 5 heteroatoms. The van der Waals surface area contributed by atoms with E-state index < -0.39 is 5.97 Å². The molecule has 1 amide bonds. The van der Waals surface area contributed by atoms with E-state index in [-0.39, 0.29) is 12.5 Å². The fraction of sp³-hybridized carbons (Fsp3) is 0.263. The second-order valence-corrected chi connectivity index (χ2v) is 5.63. The van der Waals surface area contributed by atoms with E-state index in [1.807, 2.05) is 24.3 Å². The van der Waals surface area contributed by atoms with Gasteiger partial charge in [0.25, 0.3) is 5.91 Å². The molecule has 2 aromatic rings. The van der Waals surface area contributed by atoms with Gasteiger partial charge in [-0.3, -0.25) is 4.79 Å². The maximum absolute atomic E-state index is 11.9. The number of carbonyl (C=O) groups excluding carboxylic acids is 2. The van der Waals surface area contributed by atoms with Gasteiger partial charge in [0.2, 0.25) is 0 Å². The van der Waals surface area contributed by atoms with E-state index in [0.29, 0.717) is 22.9 Å². The lowest BCUT2D eigenvalue weighted by Crippen LogP contribution is -2.20. The van der Waals surface area contributed by atoms with Gasteiger partial charge in [0, 0.05) is 5.69 Å². The van der Waals surface area contributed by atoms with Crippen molar-refractivity contribution in [3.05, 3.63) is 59.7 Å². The largest absolute Gasteiger partial charge is 0.484 e. The number of anilines is 1. The van der Waals surface area contributed by atoms with E-state index in [1.165, 1.54) is 12.7 Å². The first-order valence-electron chi connectivity index (χ1n) is 7.70. The second kappa shape index (κ2) is 8.15. The van der Waals surface area contributed by atoms with Crippen LogP contribution >= 0.6 is 0 Å². The SMILES string of the molecule is COC(=O)c1ccc(NC(=O)COc2ccc(C(C)C)cc2)cc1. The highest BCUT2D eigenvalue weighted by Gasteiger charge is 2.07. The normalized spacial score (nSPS) is 10.3. The molecule has 0 spiro atoms. The summed E-state index contributed by atoms with van der Waals surface area (Å²) in [5.74, 6) is 0.417. The maximum atomic E-state index is 11.9. The van der Waals surface area contributed by atoms with Crippen molar-refractivity contribution < 1.29 is 19.1 Å². The Balaban J connectivity index is 1.85. The Kier molecular flexibility index (Phi) is 5.95. The average molecular weight is 327 g/mol. The number of methoxy groups -OCH3 is 1. The van der Waals surface area contributed by atoms with Crippen LogP contribution in [0.1, 0.15) is 35.7 Å². The van der Waals surface area contributed by atoms with Crippen LogP contribution in [-0.2, 0) is 9.53 Å². The lowest BCUT2D eigenvalue weighted by molar-refractivity contribution is -0.118. The lowest BCUT2D eigenvalue weighted by atomic mass is 10.0. The number of hydrogen-bond donors (Lipinski definition) is 1. The Bertz CT molecular complexity index is 690. The van der Waals surface area contributed by atoms with Gasteiger partial charge in [-0.15, -0.1) is 0 Å². The Morgan fingerprint density at radius 1 is 1.00 bits per heavy atom. The first-order valence-corrected chi connectivity index (χ1v) is 7.70. The Hall–Kier alpha value is -2.82. The molecule has 126 valence electrons. The molecule has 0 radical (unpaired) electrons. The zero-order valence-corrected chi connectivity index (χ0v) is 14.0. The molecule has 2 aromatic carbocycles. The summed E-state index contributed by atoms with van der Waals surface area (Å²) in [7, 11) is 1.32. The van der Waals surface area contributed by atoms with Crippen molar-refractivity contribution in [3.63, 3.8) is 0 Å². The number of esters is 1. The van der Waals surface area contributed by atoms with Crippen LogP contribution in [0.2, 0.25) is 0 Å². The summed E-state index contributed by atoms with van der Waals surface area (Å²) in [6.45, 7) is 4.16. The predicted molar refractivity (Wildman–Crippen MR) is 92.4 cm³/mol. The zero-order valence-electron chi connectivity index (χ0n) is 14.0. The van der Waals surface area contributed by atoms with Gasteiger partial charge in [-0.05, 0) is 47.9 Å². The van der Waals surface area contributed by atoms with Crippen LogP contribution in [0.25, 0.3) is 0 Å². The number of rotatable bonds is 6. The van der Waals surface area contributed by atoms with Crippen molar-refractivity contribution >= 4 is 17.6 Å². The minimum Gasteiger partial charge on any atom is -0.484 e. The molecule has 0 fully saturated rings. The fourth-order valence-electron chi connectivity index (χ4n) is 2.10. The lowest BCUT2D eigenvalue weighted by Gasteiger charge is -2.09. The smallest absolute Gasteiger partial charge is 0.337 e. The van der Waals surface area contributed by atoms with Gasteiger partial charge in [0.05, 0.1) is 12.7 Å². The van der Waals surface area contributed by atoms with Crippen molar-refractivity contribution in [1.29, 1.82) is 0 Å². The van der Waals surface area contributed by atoms with Gasteiger partial charge in [-0.2, -0.15) is 0 Å². The Labute approximate surface area is 141 Å². The van der Waals surface area contributed by atoms with Crippen molar-refractivity contribution in [2.75, 3.05) is 19.0 Å². The van der Waals surface area contributed by atoms with Crippen LogP contribution in [0.3, 0.4) is 0 Å². The third-order valence-electron chi connectivity index (χ3n) is 3.51.